The largest absolute Gasteiger partial charge is 0.480 e. The van der Waals surface area contributed by atoms with Gasteiger partial charge in [-0.25, -0.2) is 4.79 Å². The molecule has 1 unspecified atom stereocenters. The van der Waals surface area contributed by atoms with E-state index >= 15 is 0 Å². The number of nitrogens with zero attached hydrogens (tertiary/aromatic N) is 3. The number of carbonyl (C=O) groups is 1. The number of rotatable bonds is 5. The van der Waals surface area contributed by atoms with Crippen LogP contribution in [-0.4, -0.2) is 50.9 Å². The van der Waals surface area contributed by atoms with E-state index in [1.54, 1.807) is 11.9 Å². The van der Waals surface area contributed by atoms with E-state index in [-0.39, 0.29) is 13.2 Å². The number of ether oxygens (including phenoxy) is 1. The van der Waals surface area contributed by atoms with E-state index in [1.165, 1.54) is 24.8 Å². The van der Waals surface area contributed by atoms with Crippen molar-refractivity contribution in [3.05, 3.63) is 32.6 Å². The van der Waals surface area contributed by atoms with Crippen LogP contribution in [0.3, 0.4) is 0 Å². The van der Waals surface area contributed by atoms with Crippen LogP contribution >= 0.6 is 0 Å². The first kappa shape index (κ1) is 16.4. The van der Waals surface area contributed by atoms with Crippen LogP contribution < -0.4 is 11.2 Å². The Morgan fingerprint density at radius 3 is 2.64 bits per heavy atom. The molecule has 0 bridgehead atoms. The third-order valence-corrected chi connectivity index (χ3v) is 4.38. The van der Waals surface area contributed by atoms with E-state index in [1.807, 2.05) is 0 Å². The van der Waals surface area contributed by atoms with Gasteiger partial charge in [0.25, 0.3) is 5.56 Å². The van der Waals surface area contributed by atoms with Crippen LogP contribution in [0.4, 0.5) is 0 Å². The summed E-state index contributed by atoms with van der Waals surface area (Å²) in [5.74, 6) is -0.944. The third kappa shape index (κ3) is 2.59. The van der Waals surface area contributed by atoms with E-state index in [0.29, 0.717) is 18.7 Å². The molecule has 1 atom stereocenters. The number of methoxy groups -OCH3 is 1. The zero-order valence-electron chi connectivity index (χ0n) is 13.0. The summed E-state index contributed by atoms with van der Waals surface area (Å²) in [6.45, 7) is 0.873. The topological polar surface area (TPSA) is 93.8 Å². The molecule has 1 N–H and O–H groups in total. The number of aliphatic carboxylic acids is 1. The molecule has 0 aromatic carbocycles. The fraction of sp³-hybridized carbons (Fsp3) is 0.643. The zero-order chi connectivity index (χ0) is 16.5. The minimum absolute atomic E-state index is 0.0706. The van der Waals surface area contributed by atoms with Gasteiger partial charge in [-0.15, -0.1) is 0 Å². The van der Waals surface area contributed by atoms with Gasteiger partial charge in [-0.3, -0.25) is 23.6 Å². The van der Waals surface area contributed by atoms with Crippen LogP contribution in [-0.2, 0) is 30.2 Å². The highest BCUT2D eigenvalue weighted by molar-refractivity contribution is 5.79. The van der Waals surface area contributed by atoms with Crippen LogP contribution in [0.15, 0.2) is 15.7 Å². The van der Waals surface area contributed by atoms with Gasteiger partial charge < -0.3 is 9.84 Å². The lowest BCUT2D eigenvalue weighted by molar-refractivity contribution is -0.153. The first-order valence-corrected chi connectivity index (χ1v) is 7.07. The average molecular weight is 311 g/mol. The maximum atomic E-state index is 12.0. The Bertz CT molecular complexity index is 693. The molecule has 0 amide bonds. The minimum atomic E-state index is -1.11. The van der Waals surface area contributed by atoms with Gasteiger partial charge in [0.1, 0.15) is 5.54 Å². The lowest BCUT2D eigenvalue weighted by atomic mass is 9.97. The average Bonchev–Trinajstić information content (AvgIpc) is 2.87. The molecule has 1 aliphatic rings. The van der Waals surface area contributed by atoms with Crippen molar-refractivity contribution in [2.24, 2.45) is 14.1 Å². The molecular weight excluding hydrogens is 290 g/mol. The molecule has 1 fully saturated rings. The van der Waals surface area contributed by atoms with E-state index in [9.17, 15) is 19.5 Å². The molecule has 2 heterocycles. The first-order valence-electron chi connectivity index (χ1n) is 7.07. The van der Waals surface area contributed by atoms with E-state index in [4.69, 9.17) is 4.74 Å². The standard InChI is InChI=1S/C14H21N3O5/c1-15-10(7-11(18)16(2)13(15)21)8-17-6-4-5-14(17,9-22-3)12(19)20/h7H,4-6,8-9H2,1-3H3,(H,19,20). The maximum absolute atomic E-state index is 12.0. The summed E-state index contributed by atoms with van der Waals surface area (Å²) in [7, 11) is 4.46. The Morgan fingerprint density at radius 2 is 2.05 bits per heavy atom. The number of carboxylic acids is 1. The van der Waals surface area contributed by atoms with Crippen molar-refractivity contribution in [1.29, 1.82) is 0 Å². The fourth-order valence-corrected chi connectivity index (χ4v) is 3.00. The van der Waals surface area contributed by atoms with Gasteiger partial charge in [0.2, 0.25) is 0 Å². The Kier molecular flexibility index (Phi) is 4.52. The summed E-state index contributed by atoms with van der Waals surface area (Å²) in [6, 6.07) is 1.37. The zero-order valence-corrected chi connectivity index (χ0v) is 13.0. The maximum Gasteiger partial charge on any atom is 0.330 e. The molecule has 1 aromatic heterocycles. The van der Waals surface area contributed by atoms with Gasteiger partial charge in [0.05, 0.1) is 6.61 Å². The van der Waals surface area contributed by atoms with Gasteiger partial charge in [-0.05, 0) is 19.4 Å². The van der Waals surface area contributed by atoms with Crippen molar-refractivity contribution >= 4 is 5.97 Å². The molecule has 22 heavy (non-hydrogen) atoms. The second-order valence-electron chi connectivity index (χ2n) is 5.67. The first-order chi connectivity index (χ1) is 10.3. The molecule has 1 saturated heterocycles. The highest BCUT2D eigenvalue weighted by atomic mass is 16.5. The number of aromatic nitrogens is 2. The van der Waals surface area contributed by atoms with Crippen LogP contribution in [0.1, 0.15) is 18.5 Å². The summed E-state index contributed by atoms with van der Waals surface area (Å²) in [6.07, 6.45) is 1.21. The fourth-order valence-electron chi connectivity index (χ4n) is 3.00. The number of hydrogen-bond acceptors (Lipinski definition) is 5. The molecule has 8 nitrogen and oxygen atoms in total. The van der Waals surface area contributed by atoms with E-state index in [0.717, 1.165) is 11.0 Å². The molecule has 0 spiro atoms. The molecule has 8 heteroatoms. The third-order valence-electron chi connectivity index (χ3n) is 4.38. The van der Waals surface area contributed by atoms with Gasteiger partial charge in [0.15, 0.2) is 0 Å². The summed E-state index contributed by atoms with van der Waals surface area (Å²) < 4.78 is 7.49. The molecule has 122 valence electrons. The number of hydrogen-bond donors (Lipinski definition) is 1. The van der Waals surface area contributed by atoms with Crippen LogP contribution in [0.2, 0.25) is 0 Å². The van der Waals surface area contributed by atoms with Gasteiger partial charge in [0, 0.05) is 39.5 Å². The molecular formula is C14H21N3O5. The number of likely N-dealkylation sites (tertiary alicyclic amines) is 1. The second-order valence-corrected chi connectivity index (χ2v) is 5.67. The Balaban J connectivity index is 2.40. The Morgan fingerprint density at radius 1 is 1.36 bits per heavy atom. The highest BCUT2D eigenvalue weighted by Gasteiger charge is 2.47. The van der Waals surface area contributed by atoms with Crippen molar-refractivity contribution < 1.29 is 14.6 Å². The van der Waals surface area contributed by atoms with Crippen molar-refractivity contribution in [1.82, 2.24) is 14.0 Å². The van der Waals surface area contributed by atoms with E-state index < -0.39 is 22.8 Å². The van der Waals surface area contributed by atoms with Crippen LogP contribution in [0.25, 0.3) is 0 Å². The quantitative estimate of drug-likeness (QED) is 0.761. The smallest absolute Gasteiger partial charge is 0.330 e. The van der Waals surface area contributed by atoms with Crippen molar-refractivity contribution in [3.8, 4) is 0 Å². The van der Waals surface area contributed by atoms with Crippen LogP contribution in [0, 0.1) is 0 Å². The van der Waals surface area contributed by atoms with Crippen molar-refractivity contribution in [2.75, 3.05) is 20.3 Å². The summed E-state index contributed by atoms with van der Waals surface area (Å²) in [5.41, 5.74) is -1.43. The molecule has 0 radical (unpaired) electrons. The predicted octanol–water partition coefficient (Wildman–Crippen LogP) is -0.850. The molecule has 0 aliphatic carbocycles. The van der Waals surface area contributed by atoms with Crippen LogP contribution in [0.5, 0.6) is 0 Å². The SMILES string of the molecule is COCC1(C(=O)O)CCCN1Cc1cc(=O)n(C)c(=O)n1C. The second kappa shape index (κ2) is 6.05. The lowest BCUT2D eigenvalue weighted by Gasteiger charge is -2.34. The van der Waals surface area contributed by atoms with Crippen molar-refractivity contribution in [3.63, 3.8) is 0 Å². The monoisotopic (exact) mass is 311 g/mol. The molecule has 1 aromatic rings. The number of carboxylic acid groups (broad SMARTS) is 1. The summed E-state index contributed by atoms with van der Waals surface area (Å²) in [5, 5.41) is 9.61. The minimum Gasteiger partial charge on any atom is -0.480 e. The van der Waals surface area contributed by atoms with Crippen molar-refractivity contribution in [2.45, 2.75) is 24.9 Å². The lowest BCUT2D eigenvalue weighted by Crippen LogP contribution is -2.54. The van der Waals surface area contributed by atoms with Gasteiger partial charge in [-0.2, -0.15) is 0 Å². The highest BCUT2D eigenvalue weighted by Crippen LogP contribution is 2.31. The molecule has 0 saturated carbocycles. The Labute approximate surface area is 127 Å². The molecule has 1 aliphatic heterocycles. The summed E-state index contributed by atoms with van der Waals surface area (Å²) in [4.78, 5) is 37.3. The van der Waals surface area contributed by atoms with Gasteiger partial charge in [-0.1, -0.05) is 0 Å². The van der Waals surface area contributed by atoms with E-state index in [2.05, 4.69) is 0 Å². The molecule has 2 rings (SSSR count). The predicted molar refractivity (Wildman–Crippen MR) is 78.8 cm³/mol. The van der Waals surface area contributed by atoms with Gasteiger partial charge >= 0.3 is 11.7 Å². The normalized spacial score (nSPS) is 22.1. The summed E-state index contributed by atoms with van der Waals surface area (Å²) >= 11 is 0. The Hall–Kier alpha value is -1.93.